The Labute approximate surface area is 156 Å². The normalized spacial score (nSPS) is 20.3. The van der Waals surface area contributed by atoms with Crippen molar-refractivity contribution < 1.29 is 14.5 Å². The van der Waals surface area contributed by atoms with E-state index in [2.05, 4.69) is 15.3 Å². The number of aromatic nitrogens is 2. The smallest absolute Gasteiger partial charge is 0.331 e. The topological polar surface area (TPSA) is 65.9 Å². The number of hydrogen-bond donors (Lipinski definition) is 1. The lowest BCUT2D eigenvalue weighted by Gasteiger charge is -2.40. The van der Waals surface area contributed by atoms with Gasteiger partial charge in [0, 0.05) is 11.8 Å². The first-order valence-corrected chi connectivity index (χ1v) is 9.13. The molecule has 0 aliphatic carbocycles. The minimum atomic E-state index is -0.410. The van der Waals surface area contributed by atoms with Crippen molar-refractivity contribution in [1.82, 2.24) is 9.97 Å². The van der Waals surface area contributed by atoms with Crippen LogP contribution in [0.15, 0.2) is 24.4 Å². The van der Waals surface area contributed by atoms with E-state index in [4.69, 9.17) is 11.6 Å². The minimum absolute atomic E-state index is 0.00385. The number of urea groups is 1. The number of halogens is 2. The van der Waals surface area contributed by atoms with E-state index in [1.807, 2.05) is 0 Å². The van der Waals surface area contributed by atoms with Gasteiger partial charge in [0.1, 0.15) is 11.6 Å². The van der Waals surface area contributed by atoms with Crippen LogP contribution in [0.25, 0.3) is 0 Å². The fraction of sp³-hybridized carbons (Fsp3) is 0.389. The zero-order valence-corrected chi connectivity index (χ0v) is 15.2. The highest BCUT2D eigenvalue weighted by Crippen LogP contribution is 2.35. The molecule has 2 aliphatic rings. The molecule has 2 aromatic rings. The summed E-state index contributed by atoms with van der Waals surface area (Å²) in [6, 6.07) is 4.56. The van der Waals surface area contributed by atoms with Gasteiger partial charge in [-0.2, -0.15) is 4.98 Å². The van der Waals surface area contributed by atoms with Crippen molar-refractivity contribution in [1.29, 1.82) is 0 Å². The lowest BCUT2D eigenvalue weighted by atomic mass is 10.0. The molecule has 2 aliphatic heterocycles. The van der Waals surface area contributed by atoms with E-state index in [-0.39, 0.29) is 23.9 Å². The zero-order valence-electron chi connectivity index (χ0n) is 14.5. The number of quaternary nitrogens is 1. The van der Waals surface area contributed by atoms with Gasteiger partial charge < -0.3 is 5.32 Å². The molecule has 2 N–H and O–H groups in total. The van der Waals surface area contributed by atoms with Crippen molar-refractivity contribution in [3.05, 3.63) is 46.6 Å². The Kier molecular flexibility index (Phi) is 4.50. The summed E-state index contributed by atoms with van der Waals surface area (Å²) in [4.78, 5) is 24.9. The van der Waals surface area contributed by atoms with Crippen LogP contribution in [0.2, 0.25) is 5.28 Å². The predicted octanol–water partition coefficient (Wildman–Crippen LogP) is 2.25. The van der Waals surface area contributed by atoms with Crippen LogP contribution in [0, 0.1) is 12.7 Å². The zero-order chi connectivity index (χ0) is 18.3. The highest BCUT2D eigenvalue weighted by molar-refractivity contribution is 6.28. The van der Waals surface area contributed by atoms with Crippen LogP contribution in [0.1, 0.15) is 24.0 Å². The van der Waals surface area contributed by atoms with Gasteiger partial charge in [-0.15, -0.1) is 0 Å². The van der Waals surface area contributed by atoms with Crippen LogP contribution in [-0.2, 0) is 6.54 Å². The number of amides is 2. The summed E-state index contributed by atoms with van der Waals surface area (Å²) in [5, 5.41) is 2.30. The average Bonchev–Trinajstić information content (AvgIpc) is 2.63. The maximum Gasteiger partial charge on any atom is 0.331 e. The molecule has 6 nitrogen and oxygen atoms in total. The van der Waals surface area contributed by atoms with Crippen LogP contribution in [-0.4, -0.2) is 35.1 Å². The molecule has 8 heteroatoms. The first-order valence-electron chi connectivity index (χ1n) is 8.75. The standard InChI is InChI=1S/C18H19ClFN5O/c1-11-4-2-6-14(20)15(11)24-10-12-8-22-17(19)23-16(12)25(18(24)26)13-5-3-7-21-9-13/h2,4,6,8,13,21H,3,5,7,9-10H2,1H3/p+1/t13-/m0/s1. The number of nitrogens with two attached hydrogens (primary N) is 1. The molecule has 4 rings (SSSR count). The minimum Gasteiger partial charge on any atom is -0.345 e. The summed E-state index contributed by atoms with van der Waals surface area (Å²) >= 11 is 5.99. The lowest BCUT2D eigenvalue weighted by Crippen LogP contribution is -2.89. The second-order valence-corrected chi connectivity index (χ2v) is 7.08. The number of nitrogens with zero attached hydrogens (tertiary/aromatic N) is 4. The third-order valence-corrected chi connectivity index (χ3v) is 5.20. The monoisotopic (exact) mass is 376 g/mol. The molecule has 26 heavy (non-hydrogen) atoms. The Morgan fingerprint density at radius 3 is 2.96 bits per heavy atom. The quantitative estimate of drug-likeness (QED) is 0.817. The van der Waals surface area contributed by atoms with Crippen molar-refractivity contribution in [3.63, 3.8) is 0 Å². The summed E-state index contributed by atoms with van der Waals surface area (Å²) in [6.07, 6.45) is 3.52. The summed E-state index contributed by atoms with van der Waals surface area (Å²) in [7, 11) is 0. The van der Waals surface area contributed by atoms with E-state index < -0.39 is 5.82 Å². The van der Waals surface area contributed by atoms with E-state index in [0.717, 1.165) is 31.5 Å². The van der Waals surface area contributed by atoms with Gasteiger partial charge in [0.15, 0.2) is 0 Å². The molecule has 136 valence electrons. The van der Waals surface area contributed by atoms with Crippen molar-refractivity contribution >= 4 is 29.1 Å². The number of fused-ring (bicyclic) bond motifs is 1. The summed E-state index contributed by atoms with van der Waals surface area (Å²) in [6.45, 7) is 3.86. The number of aryl methyl sites for hydroxylation is 1. The van der Waals surface area contributed by atoms with E-state index in [9.17, 15) is 9.18 Å². The molecule has 2 amide bonds. The van der Waals surface area contributed by atoms with E-state index in [1.54, 1.807) is 30.2 Å². The second-order valence-electron chi connectivity index (χ2n) is 6.74. The molecule has 0 saturated carbocycles. The molecule has 1 atom stereocenters. The molecule has 1 fully saturated rings. The maximum atomic E-state index is 14.5. The van der Waals surface area contributed by atoms with Gasteiger partial charge in [-0.05, 0) is 43.0 Å². The van der Waals surface area contributed by atoms with Crippen molar-refractivity contribution in [2.45, 2.75) is 32.4 Å². The van der Waals surface area contributed by atoms with E-state index in [0.29, 0.717) is 17.1 Å². The van der Waals surface area contributed by atoms with Crippen molar-refractivity contribution in [3.8, 4) is 0 Å². The Morgan fingerprint density at radius 1 is 1.38 bits per heavy atom. The van der Waals surface area contributed by atoms with Crippen LogP contribution >= 0.6 is 11.6 Å². The van der Waals surface area contributed by atoms with Crippen LogP contribution in [0.3, 0.4) is 0 Å². The van der Waals surface area contributed by atoms with Gasteiger partial charge in [-0.1, -0.05) is 12.1 Å². The van der Waals surface area contributed by atoms with Gasteiger partial charge in [0.05, 0.1) is 31.4 Å². The van der Waals surface area contributed by atoms with Gasteiger partial charge in [-0.25, -0.2) is 14.2 Å². The molecule has 1 aromatic heterocycles. The molecular weight excluding hydrogens is 357 g/mol. The van der Waals surface area contributed by atoms with Gasteiger partial charge in [-0.3, -0.25) is 9.80 Å². The number of anilines is 2. The van der Waals surface area contributed by atoms with Crippen LogP contribution in [0.5, 0.6) is 0 Å². The predicted molar refractivity (Wildman–Crippen MR) is 96.9 cm³/mol. The number of rotatable bonds is 2. The maximum absolute atomic E-state index is 14.5. The molecule has 0 unspecified atom stereocenters. The molecule has 0 bridgehead atoms. The highest BCUT2D eigenvalue weighted by atomic mass is 35.5. The third kappa shape index (κ3) is 2.91. The fourth-order valence-electron chi connectivity index (χ4n) is 3.78. The first-order chi connectivity index (χ1) is 12.6. The molecule has 1 saturated heterocycles. The Balaban J connectivity index is 1.82. The molecule has 1 aromatic carbocycles. The van der Waals surface area contributed by atoms with Crippen molar-refractivity contribution in [2.75, 3.05) is 22.9 Å². The van der Waals surface area contributed by atoms with Crippen LogP contribution < -0.4 is 15.1 Å². The number of piperidine rings is 1. The molecule has 3 heterocycles. The number of carbonyl (C=O) groups excluding carboxylic acids is 1. The number of carbonyl (C=O) groups is 1. The number of para-hydroxylation sites is 1. The Morgan fingerprint density at radius 2 is 2.23 bits per heavy atom. The largest absolute Gasteiger partial charge is 0.345 e. The van der Waals surface area contributed by atoms with Crippen molar-refractivity contribution in [2.24, 2.45) is 0 Å². The summed E-state index contributed by atoms with van der Waals surface area (Å²) in [5.41, 5.74) is 1.79. The second kappa shape index (κ2) is 6.81. The first kappa shape index (κ1) is 17.2. The van der Waals surface area contributed by atoms with Gasteiger partial charge >= 0.3 is 6.03 Å². The van der Waals surface area contributed by atoms with Crippen LogP contribution in [0.4, 0.5) is 20.7 Å². The fourth-order valence-corrected chi connectivity index (χ4v) is 3.91. The average molecular weight is 377 g/mol. The molecule has 0 radical (unpaired) electrons. The Bertz CT molecular complexity index is 835. The lowest BCUT2D eigenvalue weighted by molar-refractivity contribution is -0.663. The summed E-state index contributed by atoms with van der Waals surface area (Å²) < 4.78 is 14.5. The van der Waals surface area contributed by atoms with Gasteiger partial charge in [0.2, 0.25) is 5.28 Å². The number of hydrogen-bond acceptors (Lipinski definition) is 3. The highest BCUT2D eigenvalue weighted by Gasteiger charge is 2.39. The third-order valence-electron chi connectivity index (χ3n) is 5.01. The van der Waals surface area contributed by atoms with Gasteiger partial charge in [0.25, 0.3) is 0 Å². The Hall–Kier alpha value is -2.25. The summed E-state index contributed by atoms with van der Waals surface area (Å²) in [5.74, 6) is 0.132. The number of benzene rings is 1. The van der Waals surface area contributed by atoms with E-state index in [1.165, 1.54) is 11.0 Å². The molecule has 0 spiro atoms. The van der Waals surface area contributed by atoms with E-state index >= 15 is 0 Å². The SMILES string of the molecule is Cc1cccc(F)c1N1Cc2cnc(Cl)nc2N([C@H]2CCC[NH2+]C2)C1=O. The molecular formula is C18H20ClFN5O+.